The second-order valence-electron chi connectivity index (χ2n) is 2.61. The molecular weight excluding hydrogens is 264 g/mol. The molecule has 0 aliphatic carbocycles. The summed E-state index contributed by atoms with van der Waals surface area (Å²) in [6.45, 7) is 3.69. The number of carbonyl (C=O) groups is 1. The zero-order valence-corrected chi connectivity index (χ0v) is 9.77. The monoisotopic (exact) mass is 272 g/mol. The van der Waals surface area contributed by atoms with Gasteiger partial charge in [-0.25, -0.2) is 4.79 Å². The highest BCUT2D eigenvalue weighted by molar-refractivity contribution is 9.11. The number of carboxylic acids is 1. The fraction of sp³-hybridized carbons (Fsp3) is 0.100. The lowest BCUT2D eigenvalue weighted by Crippen LogP contribution is -1.98. The lowest BCUT2D eigenvalue weighted by Gasteiger charge is -2.03. The molecule has 0 aromatic heterocycles. The fourth-order valence-electron chi connectivity index (χ4n) is 0.925. The van der Waals surface area contributed by atoms with Gasteiger partial charge in [-0.15, -0.1) is 11.8 Å². The number of rotatable bonds is 4. The smallest absolute Gasteiger partial charge is 0.336 e. The van der Waals surface area contributed by atoms with Gasteiger partial charge in [0.2, 0.25) is 0 Å². The van der Waals surface area contributed by atoms with Gasteiger partial charge in [0.25, 0.3) is 0 Å². The number of benzene rings is 1. The lowest BCUT2D eigenvalue weighted by molar-refractivity contribution is 0.0693. The highest BCUT2D eigenvalue weighted by atomic mass is 79.9. The standard InChI is InChI=1S/C10H9BrO2S/c1-7(11)6-14-9-5-3-2-4-8(9)10(12)13/h2-5H,1,6H2,(H,12,13). The van der Waals surface area contributed by atoms with Crippen LogP contribution in [0, 0.1) is 0 Å². The number of carboxylic acid groups (broad SMARTS) is 1. The molecule has 0 amide bonds. The molecule has 0 fully saturated rings. The van der Waals surface area contributed by atoms with Crippen molar-refractivity contribution in [3.63, 3.8) is 0 Å². The van der Waals surface area contributed by atoms with E-state index in [0.29, 0.717) is 11.3 Å². The quantitative estimate of drug-likeness (QED) is 0.854. The maximum absolute atomic E-state index is 10.8. The Morgan fingerprint density at radius 2 is 2.14 bits per heavy atom. The molecule has 0 spiro atoms. The maximum atomic E-state index is 10.8. The summed E-state index contributed by atoms with van der Waals surface area (Å²) < 4.78 is 0.850. The van der Waals surface area contributed by atoms with E-state index >= 15 is 0 Å². The van der Waals surface area contributed by atoms with Crippen LogP contribution in [0.4, 0.5) is 0 Å². The average Bonchev–Trinajstić information content (AvgIpc) is 2.15. The van der Waals surface area contributed by atoms with E-state index in [4.69, 9.17) is 5.11 Å². The Hall–Kier alpha value is -0.740. The van der Waals surface area contributed by atoms with Crippen LogP contribution in [-0.2, 0) is 0 Å². The van der Waals surface area contributed by atoms with Crippen molar-refractivity contribution in [1.29, 1.82) is 0 Å². The molecule has 0 aliphatic heterocycles. The summed E-state index contributed by atoms with van der Waals surface area (Å²) in [6.07, 6.45) is 0. The van der Waals surface area contributed by atoms with Crippen LogP contribution in [0.25, 0.3) is 0 Å². The third-order valence-electron chi connectivity index (χ3n) is 1.50. The normalized spacial score (nSPS) is 9.79. The van der Waals surface area contributed by atoms with E-state index < -0.39 is 5.97 Å². The summed E-state index contributed by atoms with van der Waals surface area (Å²) in [7, 11) is 0. The van der Waals surface area contributed by atoms with E-state index in [1.54, 1.807) is 18.2 Å². The van der Waals surface area contributed by atoms with Gasteiger partial charge < -0.3 is 5.11 Å². The number of thioether (sulfide) groups is 1. The molecule has 0 unspecified atom stereocenters. The molecule has 1 N–H and O–H groups in total. The molecule has 1 aromatic carbocycles. The van der Waals surface area contributed by atoms with E-state index in [2.05, 4.69) is 22.5 Å². The molecule has 14 heavy (non-hydrogen) atoms. The first-order valence-electron chi connectivity index (χ1n) is 3.89. The zero-order chi connectivity index (χ0) is 10.6. The second-order valence-corrected chi connectivity index (χ2v) is 4.75. The fourth-order valence-corrected chi connectivity index (χ4v) is 2.07. The first-order chi connectivity index (χ1) is 6.61. The van der Waals surface area contributed by atoms with Crippen molar-refractivity contribution in [1.82, 2.24) is 0 Å². The first kappa shape index (κ1) is 11.3. The van der Waals surface area contributed by atoms with Gasteiger partial charge in [-0.3, -0.25) is 0 Å². The third kappa shape index (κ3) is 3.20. The van der Waals surface area contributed by atoms with E-state index in [-0.39, 0.29) is 0 Å². The van der Waals surface area contributed by atoms with E-state index in [1.165, 1.54) is 11.8 Å². The Bertz CT molecular complexity index is 363. The summed E-state index contributed by atoms with van der Waals surface area (Å²) in [5, 5.41) is 8.88. The van der Waals surface area contributed by atoms with Crippen LogP contribution in [-0.4, -0.2) is 16.8 Å². The molecule has 4 heteroatoms. The molecule has 0 radical (unpaired) electrons. The minimum Gasteiger partial charge on any atom is -0.478 e. The molecular formula is C10H9BrO2S. The highest BCUT2D eigenvalue weighted by Gasteiger charge is 2.08. The van der Waals surface area contributed by atoms with Gasteiger partial charge in [-0.05, 0) is 16.6 Å². The molecule has 0 bridgehead atoms. The number of hydrogen-bond acceptors (Lipinski definition) is 2. The van der Waals surface area contributed by atoms with Crippen molar-refractivity contribution in [2.45, 2.75) is 4.90 Å². The first-order valence-corrected chi connectivity index (χ1v) is 5.67. The Morgan fingerprint density at radius 3 is 2.71 bits per heavy atom. The van der Waals surface area contributed by atoms with E-state index in [1.807, 2.05) is 6.07 Å². The Kier molecular flexibility index (Phi) is 4.22. The number of aromatic carboxylic acids is 1. The largest absolute Gasteiger partial charge is 0.478 e. The van der Waals surface area contributed by atoms with Crippen LogP contribution in [0.3, 0.4) is 0 Å². The van der Waals surface area contributed by atoms with Gasteiger partial charge in [0, 0.05) is 10.6 Å². The third-order valence-corrected chi connectivity index (χ3v) is 3.31. The number of hydrogen-bond donors (Lipinski definition) is 1. The summed E-state index contributed by atoms with van der Waals surface area (Å²) in [5.41, 5.74) is 0.339. The minimum atomic E-state index is -0.895. The highest BCUT2D eigenvalue weighted by Crippen LogP contribution is 2.25. The Balaban J connectivity index is 2.84. The Labute approximate surface area is 95.1 Å². The molecule has 2 nitrogen and oxygen atoms in total. The molecule has 1 rings (SSSR count). The van der Waals surface area contributed by atoms with Gasteiger partial charge in [0.1, 0.15) is 0 Å². The van der Waals surface area contributed by atoms with Crippen LogP contribution in [0.1, 0.15) is 10.4 Å². The second kappa shape index (κ2) is 5.22. The van der Waals surface area contributed by atoms with Crippen LogP contribution in [0.15, 0.2) is 40.2 Å². The summed E-state index contributed by atoms with van der Waals surface area (Å²) >= 11 is 4.69. The lowest BCUT2D eigenvalue weighted by atomic mass is 10.2. The van der Waals surface area contributed by atoms with E-state index in [0.717, 1.165) is 9.38 Å². The van der Waals surface area contributed by atoms with Crippen molar-refractivity contribution in [2.24, 2.45) is 0 Å². The van der Waals surface area contributed by atoms with Gasteiger partial charge in [-0.1, -0.05) is 34.6 Å². The zero-order valence-electron chi connectivity index (χ0n) is 7.37. The molecule has 0 saturated carbocycles. The van der Waals surface area contributed by atoms with Crippen LogP contribution in [0.2, 0.25) is 0 Å². The number of halogens is 1. The molecule has 0 aliphatic rings. The van der Waals surface area contributed by atoms with Gasteiger partial charge in [0.15, 0.2) is 0 Å². The van der Waals surface area contributed by atoms with Gasteiger partial charge >= 0.3 is 5.97 Å². The molecule has 0 heterocycles. The topological polar surface area (TPSA) is 37.3 Å². The predicted molar refractivity (Wildman–Crippen MR) is 62.2 cm³/mol. The van der Waals surface area contributed by atoms with Gasteiger partial charge in [-0.2, -0.15) is 0 Å². The summed E-state index contributed by atoms with van der Waals surface area (Å²) in [6, 6.07) is 6.94. The van der Waals surface area contributed by atoms with Crippen molar-refractivity contribution in [3.05, 3.63) is 40.9 Å². The minimum absolute atomic E-state index is 0.339. The molecule has 74 valence electrons. The van der Waals surface area contributed by atoms with Crippen molar-refractivity contribution in [3.8, 4) is 0 Å². The van der Waals surface area contributed by atoms with E-state index in [9.17, 15) is 4.79 Å². The SMILES string of the molecule is C=C(Br)CSc1ccccc1C(=O)O. The van der Waals surface area contributed by atoms with Crippen molar-refractivity contribution in [2.75, 3.05) is 5.75 Å². The predicted octanol–water partition coefficient (Wildman–Crippen LogP) is 3.39. The van der Waals surface area contributed by atoms with Crippen molar-refractivity contribution >= 4 is 33.7 Å². The molecule has 1 aromatic rings. The van der Waals surface area contributed by atoms with Crippen LogP contribution >= 0.6 is 27.7 Å². The summed E-state index contributed by atoms with van der Waals surface area (Å²) in [5.74, 6) is -0.224. The average molecular weight is 273 g/mol. The van der Waals surface area contributed by atoms with Crippen LogP contribution in [0.5, 0.6) is 0 Å². The Morgan fingerprint density at radius 1 is 1.50 bits per heavy atom. The maximum Gasteiger partial charge on any atom is 0.336 e. The van der Waals surface area contributed by atoms with Crippen LogP contribution < -0.4 is 0 Å². The molecule has 0 atom stereocenters. The van der Waals surface area contributed by atoms with Gasteiger partial charge in [0.05, 0.1) is 5.56 Å². The van der Waals surface area contributed by atoms with Crippen molar-refractivity contribution < 1.29 is 9.90 Å². The molecule has 0 saturated heterocycles. The summed E-state index contributed by atoms with van der Waals surface area (Å²) in [4.78, 5) is 11.6.